The summed E-state index contributed by atoms with van der Waals surface area (Å²) >= 11 is 0. The normalized spacial score (nSPS) is 11.1. The lowest BCUT2D eigenvalue weighted by Crippen LogP contribution is -2.21. The Kier molecular flexibility index (Phi) is 4.88. The van der Waals surface area contributed by atoms with Crippen LogP contribution >= 0.6 is 0 Å². The van der Waals surface area contributed by atoms with Gasteiger partial charge in [-0.15, -0.1) is 0 Å². The first kappa shape index (κ1) is 15.0. The van der Waals surface area contributed by atoms with Crippen molar-refractivity contribution in [2.75, 3.05) is 18.5 Å². The Bertz CT molecular complexity index is 490. The van der Waals surface area contributed by atoms with Gasteiger partial charge in [-0.3, -0.25) is 9.48 Å². The molecule has 1 amide bonds. The molecule has 1 N–H and O–H groups in total. The maximum absolute atomic E-state index is 11.8. The number of rotatable bonds is 5. The Morgan fingerprint density at radius 3 is 2.89 bits per heavy atom. The number of ether oxygens (including phenoxy) is 1. The number of carbonyl (C=O) groups excluding carboxylic acids is 1. The van der Waals surface area contributed by atoms with E-state index in [1.54, 1.807) is 0 Å². The molecule has 0 aromatic carbocycles. The van der Waals surface area contributed by atoms with E-state index in [1.807, 2.05) is 6.07 Å². The predicted molar refractivity (Wildman–Crippen MR) is 58.0 cm³/mol. The van der Waals surface area contributed by atoms with Crippen LogP contribution in [0.4, 0.5) is 19.0 Å². The van der Waals surface area contributed by atoms with Crippen molar-refractivity contribution in [3.8, 4) is 6.07 Å². The third-order valence-corrected chi connectivity index (χ3v) is 2.06. The fourth-order valence-electron chi connectivity index (χ4n) is 1.21. The SMILES string of the molecule is Cn1ncc(C#N)c1NC(=O)CCOCC(F)(F)F. The van der Waals surface area contributed by atoms with E-state index in [0.717, 1.165) is 0 Å². The molecule has 0 spiro atoms. The van der Waals surface area contributed by atoms with Crippen LogP contribution in [0.2, 0.25) is 0 Å². The molecule has 19 heavy (non-hydrogen) atoms. The molecule has 104 valence electrons. The van der Waals surface area contributed by atoms with Crippen LogP contribution in [-0.2, 0) is 16.6 Å². The largest absolute Gasteiger partial charge is 0.411 e. The van der Waals surface area contributed by atoms with Gasteiger partial charge in [0.25, 0.3) is 0 Å². The zero-order valence-electron chi connectivity index (χ0n) is 9.99. The van der Waals surface area contributed by atoms with Crippen molar-refractivity contribution in [2.24, 2.45) is 7.05 Å². The second-order valence-electron chi connectivity index (χ2n) is 3.61. The molecule has 0 aliphatic carbocycles. The highest BCUT2D eigenvalue weighted by Gasteiger charge is 2.27. The molecule has 1 aromatic rings. The minimum absolute atomic E-state index is 0.173. The van der Waals surface area contributed by atoms with Gasteiger partial charge < -0.3 is 10.1 Å². The second-order valence-corrected chi connectivity index (χ2v) is 3.61. The van der Waals surface area contributed by atoms with Gasteiger partial charge >= 0.3 is 6.18 Å². The van der Waals surface area contributed by atoms with E-state index in [-0.39, 0.29) is 24.4 Å². The zero-order chi connectivity index (χ0) is 14.5. The lowest BCUT2D eigenvalue weighted by atomic mass is 10.3. The monoisotopic (exact) mass is 276 g/mol. The quantitative estimate of drug-likeness (QED) is 0.819. The Hall–Kier alpha value is -2.08. The van der Waals surface area contributed by atoms with Gasteiger partial charge in [-0.25, -0.2) is 0 Å². The number of nitriles is 1. The van der Waals surface area contributed by atoms with Gasteiger partial charge in [-0.1, -0.05) is 0 Å². The summed E-state index contributed by atoms with van der Waals surface area (Å²) in [6, 6.07) is 1.83. The number of aryl methyl sites for hydroxylation is 1. The Labute approximate surface area is 106 Å². The summed E-state index contributed by atoms with van der Waals surface area (Å²) in [5.74, 6) is -0.356. The summed E-state index contributed by atoms with van der Waals surface area (Å²) in [7, 11) is 1.52. The van der Waals surface area contributed by atoms with Crippen molar-refractivity contribution in [2.45, 2.75) is 12.6 Å². The summed E-state index contributed by atoms with van der Waals surface area (Å²) in [6.07, 6.45) is -3.38. The van der Waals surface area contributed by atoms with Crippen LogP contribution in [0.15, 0.2) is 6.20 Å². The second kappa shape index (κ2) is 6.19. The van der Waals surface area contributed by atoms with Crippen LogP contribution in [0.3, 0.4) is 0 Å². The van der Waals surface area contributed by atoms with Crippen LogP contribution in [0.5, 0.6) is 0 Å². The van der Waals surface area contributed by atoms with Crippen molar-refractivity contribution in [3.05, 3.63) is 11.8 Å². The van der Waals surface area contributed by atoms with Gasteiger partial charge in [0.05, 0.1) is 19.2 Å². The number of amides is 1. The first-order valence-corrected chi connectivity index (χ1v) is 5.20. The van der Waals surface area contributed by atoms with E-state index in [4.69, 9.17) is 5.26 Å². The number of anilines is 1. The molecule has 0 radical (unpaired) electrons. The number of hydrogen-bond donors (Lipinski definition) is 1. The highest BCUT2D eigenvalue weighted by Crippen LogP contribution is 2.15. The average molecular weight is 276 g/mol. The fraction of sp³-hybridized carbons (Fsp3) is 0.500. The zero-order valence-corrected chi connectivity index (χ0v) is 9.99. The van der Waals surface area contributed by atoms with E-state index >= 15 is 0 Å². The lowest BCUT2D eigenvalue weighted by Gasteiger charge is -2.08. The number of carbonyl (C=O) groups is 1. The fourth-order valence-corrected chi connectivity index (χ4v) is 1.21. The molecule has 0 bridgehead atoms. The number of aromatic nitrogens is 2. The molecule has 0 fully saturated rings. The summed E-state index contributed by atoms with van der Waals surface area (Å²) in [6.45, 7) is -1.75. The van der Waals surface area contributed by atoms with E-state index in [0.29, 0.717) is 0 Å². The van der Waals surface area contributed by atoms with Crippen molar-refractivity contribution < 1.29 is 22.7 Å². The third-order valence-electron chi connectivity index (χ3n) is 2.06. The molecule has 6 nitrogen and oxygen atoms in total. The van der Waals surface area contributed by atoms with Crippen LogP contribution in [0.1, 0.15) is 12.0 Å². The molecule has 0 atom stereocenters. The van der Waals surface area contributed by atoms with E-state index in [1.165, 1.54) is 17.9 Å². The van der Waals surface area contributed by atoms with Crippen LogP contribution in [-0.4, -0.2) is 35.1 Å². The molecule has 9 heteroatoms. The van der Waals surface area contributed by atoms with Gasteiger partial charge in [0.1, 0.15) is 24.1 Å². The summed E-state index contributed by atoms with van der Waals surface area (Å²) < 4.78 is 40.9. The number of hydrogen-bond acceptors (Lipinski definition) is 4. The molecule has 1 aromatic heterocycles. The maximum atomic E-state index is 11.8. The minimum Gasteiger partial charge on any atom is -0.372 e. The summed E-state index contributed by atoms with van der Waals surface area (Å²) in [4.78, 5) is 11.4. The molecular formula is C10H11F3N4O2. The first-order valence-electron chi connectivity index (χ1n) is 5.20. The molecule has 0 saturated carbocycles. The van der Waals surface area contributed by atoms with Crippen molar-refractivity contribution >= 4 is 11.7 Å². The molecular weight excluding hydrogens is 265 g/mol. The molecule has 0 aliphatic rings. The lowest BCUT2D eigenvalue weighted by molar-refractivity contribution is -0.174. The number of halogens is 3. The van der Waals surface area contributed by atoms with Gasteiger partial charge in [-0.2, -0.15) is 23.5 Å². The Balaban J connectivity index is 2.40. The Morgan fingerprint density at radius 1 is 1.63 bits per heavy atom. The van der Waals surface area contributed by atoms with Crippen LogP contribution < -0.4 is 5.32 Å². The number of alkyl halides is 3. The highest BCUT2D eigenvalue weighted by atomic mass is 19.4. The molecule has 1 rings (SSSR count). The van der Waals surface area contributed by atoms with Crippen LogP contribution in [0.25, 0.3) is 0 Å². The highest BCUT2D eigenvalue weighted by molar-refractivity contribution is 5.91. The molecule has 0 saturated heterocycles. The van der Waals surface area contributed by atoms with Gasteiger partial charge in [-0.05, 0) is 0 Å². The minimum atomic E-state index is -4.41. The standard InChI is InChI=1S/C10H11F3N4O2/c1-17-9(7(4-14)5-15-17)16-8(18)2-3-19-6-10(11,12)13/h5H,2-3,6H2,1H3,(H,16,18). The van der Waals surface area contributed by atoms with Crippen molar-refractivity contribution in [1.82, 2.24) is 9.78 Å². The number of nitrogens with one attached hydrogen (secondary N) is 1. The first-order chi connectivity index (χ1) is 8.83. The topological polar surface area (TPSA) is 79.9 Å². The predicted octanol–water partition coefficient (Wildman–Crippen LogP) is 1.20. The van der Waals surface area contributed by atoms with E-state index < -0.39 is 18.7 Å². The van der Waals surface area contributed by atoms with Crippen molar-refractivity contribution in [1.29, 1.82) is 5.26 Å². The van der Waals surface area contributed by atoms with Gasteiger partial charge in [0.2, 0.25) is 5.91 Å². The third kappa shape index (κ3) is 4.97. The number of nitrogens with zero attached hydrogens (tertiary/aromatic N) is 3. The van der Waals surface area contributed by atoms with Gasteiger partial charge in [0, 0.05) is 7.05 Å². The molecule has 0 unspecified atom stereocenters. The average Bonchev–Trinajstić information content (AvgIpc) is 2.65. The van der Waals surface area contributed by atoms with E-state index in [2.05, 4.69) is 15.2 Å². The summed E-state index contributed by atoms with van der Waals surface area (Å²) in [5.41, 5.74) is 0.173. The van der Waals surface area contributed by atoms with Gasteiger partial charge in [0.15, 0.2) is 0 Å². The van der Waals surface area contributed by atoms with Crippen molar-refractivity contribution in [3.63, 3.8) is 0 Å². The summed E-state index contributed by atoms with van der Waals surface area (Å²) in [5, 5.41) is 14.9. The van der Waals surface area contributed by atoms with E-state index in [9.17, 15) is 18.0 Å². The van der Waals surface area contributed by atoms with Crippen LogP contribution in [0, 0.1) is 11.3 Å². The smallest absolute Gasteiger partial charge is 0.372 e. The molecule has 0 aliphatic heterocycles. The Morgan fingerprint density at radius 2 is 2.32 bits per heavy atom. The maximum Gasteiger partial charge on any atom is 0.411 e. The molecule has 1 heterocycles.